The van der Waals surface area contributed by atoms with Gasteiger partial charge in [-0.1, -0.05) is 6.07 Å². The van der Waals surface area contributed by atoms with Crippen LogP contribution in [0.4, 0.5) is 0 Å². The van der Waals surface area contributed by atoms with E-state index in [2.05, 4.69) is 9.97 Å². The maximum absolute atomic E-state index is 11.8. The molecule has 98 valence electrons. The second kappa shape index (κ2) is 5.18. The van der Waals surface area contributed by atoms with Gasteiger partial charge in [-0.2, -0.15) is 5.26 Å². The Kier molecular flexibility index (Phi) is 3.60. The molecule has 0 aliphatic rings. The molecule has 0 saturated carbocycles. The van der Waals surface area contributed by atoms with E-state index in [0.29, 0.717) is 22.3 Å². The number of aromatic nitrogens is 2. The van der Waals surface area contributed by atoms with Crippen LogP contribution in [0.15, 0.2) is 23.0 Å². The summed E-state index contributed by atoms with van der Waals surface area (Å²) in [7, 11) is 0. The van der Waals surface area contributed by atoms with Gasteiger partial charge < -0.3 is 15.2 Å². The predicted octanol–water partition coefficient (Wildman–Crippen LogP) is 0.539. The predicted molar refractivity (Wildman–Crippen MR) is 68.3 cm³/mol. The number of benzene rings is 1. The maximum atomic E-state index is 11.8. The Bertz CT molecular complexity index is 702. The number of hydrogen-bond donors (Lipinski definition) is 3. The van der Waals surface area contributed by atoms with Crippen molar-refractivity contribution in [3.05, 3.63) is 39.9 Å². The summed E-state index contributed by atoms with van der Waals surface area (Å²) in [5.74, 6) is 0.510. The third kappa shape index (κ3) is 2.62. The number of nitriles is 1. The third-order valence-electron chi connectivity index (χ3n) is 2.85. The van der Waals surface area contributed by atoms with Gasteiger partial charge >= 0.3 is 0 Å². The molecule has 2 aromatic rings. The molecule has 0 fully saturated rings. The van der Waals surface area contributed by atoms with E-state index in [1.165, 1.54) is 6.07 Å². The average molecular weight is 259 g/mol. The van der Waals surface area contributed by atoms with Crippen molar-refractivity contribution < 1.29 is 10.2 Å². The van der Waals surface area contributed by atoms with Gasteiger partial charge in [0.15, 0.2) is 0 Å². The first-order valence-corrected chi connectivity index (χ1v) is 5.76. The number of aliphatic hydroxyl groups excluding tert-OH is 2. The highest BCUT2D eigenvalue weighted by Crippen LogP contribution is 2.21. The van der Waals surface area contributed by atoms with Crippen LogP contribution >= 0.6 is 0 Å². The molecule has 0 radical (unpaired) electrons. The highest BCUT2D eigenvalue weighted by molar-refractivity contribution is 5.78. The minimum absolute atomic E-state index is 0.179. The van der Waals surface area contributed by atoms with Gasteiger partial charge in [-0.05, 0) is 24.6 Å². The van der Waals surface area contributed by atoms with Crippen molar-refractivity contribution in [3.8, 4) is 6.07 Å². The third-order valence-corrected chi connectivity index (χ3v) is 2.85. The van der Waals surface area contributed by atoms with Gasteiger partial charge in [-0.15, -0.1) is 0 Å². The van der Waals surface area contributed by atoms with E-state index in [9.17, 15) is 15.0 Å². The smallest absolute Gasteiger partial charge is 0.258 e. The van der Waals surface area contributed by atoms with Gasteiger partial charge in [0, 0.05) is 0 Å². The van der Waals surface area contributed by atoms with E-state index < -0.39 is 12.2 Å². The Morgan fingerprint density at radius 2 is 2.21 bits per heavy atom. The highest BCUT2D eigenvalue weighted by atomic mass is 16.3. The lowest BCUT2D eigenvalue weighted by Crippen LogP contribution is -2.18. The number of aryl methyl sites for hydroxylation is 1. The van der Waals surface area contributed by atoms with Crippen molar-refractivity contribution in [3.63, 3.8) is 0 Å². The monoisotopic (exact) mass is 259 g/mol. The fourth-order valence-corrected chi connectivity index (χ4v) is 1.88. The van der Waals surface area contributed by atoms with Crippen molar-refractivity contribution in [2.45, 2.75) is 25.6 Å². The molecule has 0 saturated heterocycles. The lowest BCUT2D eigenvalue weighted by molar-refractivity contribution is 0.0217. The van der Waals surface area contributed by atoms with Crippen LogP contribution in [0, 0.1) is 18.3 Å². The molecule has 0 spiro atoms. The fraction of sp³-hybridized carbons (Fsp3) is 0.308. The van der Waals surface area contributed by atoms with E-state index in [1.807, 2.05) is 0 Å². The van der Waals surface area contributed by atoms with Gasteiger partial charge in [-0.25, -0.2) is 4.98 Å². The van der Waals surface area contributed by atoms with Crippen molar-refractivity contribution in [1.82, 2.24) is 9.97 Å². The number of nitrogens with zero attached hydrogens (tertiary/aromatic N) is 2. The number of aromatic amines is 1. The first kappa shape index (κ1) is 13.2. The Morgan fingerprint density at radius 3 is 2.89 bits per heavy atom. The Balaban J connectivity index is 2.48. The van der Waals surface area contributed by atoms with Crippen molar-refractivity contribution >= 4 is 10.9 Å². The first-order chi connectivity index (χ1) is 9.02. The number of H-pyrrole nitrogens is 1. The first-order valence-electron chi connectivity index (χ1n) is 5.76. The number of nitrogens with one attached hydrogen (secondary N) is 1. The second-order valence-corrected chi connectivity index (χ2v) is 4.30. The Labute approximate surface area is 109 Å². The molecule has 3 N–H and O–H groups in total. The molecule has 0 bridgehead atoms. The van der Waals surface area contributed by atoms with Crippen LogP contribution in [0.3, 0.4) is 0 Å². The molecule has 0 aliphatic heterocycles. The van der Waals surface area contributed by atoms with Crippen molar-refractivity contribution in [2.75, 3.05) is 0 Å². The Morgan fingerprint density at radius 1 is 1.47 bits per heavy atom. The topological polar surface area (TPSA) is 110 Å². The number of aliphatic hydroxyl groups is 2. The quantitative estimate of drug-likeness (QED) is 0.745. The summed E-state index contributed by atoms with van der Waals surface area (Å²) in [6, 6.07) is 6.45. The summed E-state index contributed by atoms with van der Waals surface area (Å²) in [6.07, 6.45) is -2.56. The summed E-state index contributed by atoms with van der Waals surface area (Å²) >= 11 is 0. The lowest BCUT2D eigenvalue weighted by atomic mass is 10.0. The molecule has 6 nitrogen and oxygen atoms in total. The van der Waals surface area contributed by atoms with Crippen LogP contribution in [-0.2, 0) is 0 Å². The summed E-state index contributed by atoms with van der Waals surface area (Å²) < 4.78 is 0. The molecule has 19 heavy (non-hydrogen) atoms. The second-order valence-electron chi connectivity index (χ2n) is 4.30. The van der Waals surface area contributed by atoms with Gasteiger partial charge in [0.1, 0.15) is 11.9 Å². The van der Waals surface area contributed by atoms with Crippen LogP contribution in [0.5, 0.6) is 0 Å². The molecule has 1 aromatic carbocycles. The molecular weight excluding hydrogens is 246 g/mol. The zero-order chi connectivity index (χ0) is 14.0. The fourth-order valence-electron chi connectivity index (χ4n) is 1.88. The highest BCUT2D eigenvalue weighted by Gasteiger charge is 2.18. The lowest BCUT2D eigenvalue weighted by Gasteiger charge is -2.15. The minimum atomic E-state index is -1.20. The number of hydrogen-bond acceptors (Lipinski definition) is 5. The van der Waals surface area contributed by atoms with Crippen LogP contribution < -0.4 is 5.56 Å². The van der Waals surface area contributed by atoms with Crippen molar-refractivity contribution in [1.29, 1.82) is 5.26 Å². The van der Waals surface area contributed by atoms with Gasteiger partial charge in [0.25, 0.3) is 5.56 Å². The normalized spacial score (nSPS) is 14.0. The zero-order valence-corrected chi connectivity index (χ0v) is 10.3. The molecule has 0 amide bonds. The summed E-state index contributed by atoms with van der Waals surface area (Å²) in [5.41, 5.74) is 0.602. The summed E-state index contributed by atoms with van der Waals surface area (Å²) in [6.45, 7) is 1.68. The molecule has 2 unspecified atom stereocenters. The van der Waals surface area contributed by atoms with Gasteiger partial charge in [0.05, 0.1) is 29.5 Å². The van der Waals surface area contributed by atoms with E-state index in [1.54, 1.807) is 25.1 Å². The Hall–Kier alpha value is -2.23. The molecule has 1 heterocycles. The van der Waals surface area contributed by atoms with E-state index >= 15 is 0 Å². The maximum Gasteiger partial charge on any atom is 0.258 e. The molecule has 2 rings (SSSR count). The molecular formula is C13H13N3O3. The largest absolute Gasteiger partial charge is 0.389 e. The summed E-state index contributed by atoms with van der Waals surface area (Å²) in [5, 5.41) is 28.3. The van der Waals surface area contributed by atoms with Crippen LogP contribution in [0.2, 0.25) is 0 Å². The van der Waals surface area contributed by atoms with E-state index in [0.717, 1.165) is 0 Å². The van der Waals surface area contributed by atoms with E-state index in [4.69, 9.17) is 5.26 Å². The van der Waals surface area contributed by atoms with Crippen LogP contribution in [0.25, 0.3) is 10.9 Å². The van der Waals surface area contributed by atoms with Crippen LogP contribution in [-0.4, -0.2) is 26.3 Å². The van der Waals surface area contributed by atoms with Crippen LogP contribution in [0.1, 0.15) is 23.9 Å². The average Bonchev–Trinajstić information content (AvgIpc) is 2.37. The molecule has 2 atom stereocenters. The SMILES string of the molecule is Cc1nc2ccc(C(O)C(O)CC#N)cc2c(=O)[nH]1. The minimum Gasteiger partial charge on any atom is -0.389 e. The number of fused-ring (bicyclic) bond motifs is 1. The van der Waals surface area contributed by atoms with E-state index in [-0.39, 0.29) is 12.0 Å². The van der Waals surface area contributed by atoms with Gasteiger partial charge in [-0.3, -0.25) is 4.79 Å². The van der Waals surface area contributed by atoms with Gasteiger partial charge in [0.2, 0.25) is 0 Å². The summed E-state index contributed by atoms with van der Waals surface area (Å²) in [4.78, 5) is 18.5. The molecule has 1 aromatic heterocycles. The molecule has 6 heteroatoms. The zero-order valence-electron chi connectivity index (χ0n) is 10.3. The van der Waals surface area contributed by atoms with Crippen molar-refractivity contribution in [2.24, 2.45) is 0 Å². The molecule has 0 aliphatic carbocycles. The number of rotatable bonds is 3. The standard InChI is InChI=1S/C13H13N3O3/c1-7-15-10-3-2-8(6-9(10)13(19)16-7)12(18)11(17)4-5-14/h2-3,6,11-12,17-18H,4H2,1H3,(H,15,16,19).